The molecule has 11 heteroatoms. The van der Waals surface area contributed by atoms with Crippen LogP contribution < -0.4 is 10.1 Å². The van der Waals surface area contributed by atoms with Crippen LogP contribution in [0.3, 0.4) is 0 Å². The Balaban J connectivity index is 2.79. The minimum Gasteiger partial charge on any atom is -0.445 e. The Morgan fingerprint density at radius 2 is 1.91 bits per heavy atom. The average Bonchev–Trinajstić information content (AvgIpc) is 2.34. The number of rotatable bonds is 4. The third-order valence-corrected chi connectivity index (χ3v) is 2.40. The zero-order valence-corrected chi connectivity index (χ0v) is 12.9. The maximum Gasteiger partial charge on any atom is 0.573 e. The first-order valence-corrected chi connectivity index (χ1v) is 6.63. The molecule has 5 nitrogen and oxygen atoms in total. The predicted molar refractivity (Wildman–Crippen MR) is 74.3 cm³/mol. The summed E-state index contributed by atoms with van der Waals surface area (Å²) < 4.78 is 43.2. The van der Waals surface area contributed by atoms with Gasteiger partial charge in [0, 0.05) is 17.3 Å². The van der Waals surface area contributed by atoms with Crippen LogP contribution in [0.25, 0.3) is 0 Å². The fourth-order valence-corrected chi connectivity index (χ4v) is 1.45. The van der Waals surface area contributed by atoms with Crippen molar-refractivity contribution >= 4 is 46.6 Å². The van der Waals surface area contributed by atoms with Crippen LogP contribution in [0, 0.1) is 0 Å². The van der Waals surface area contributed by atoms with E-state index in [1.807, 2.05) is 0 Å². The second-order valence-corrected chi connectivity index (χ2v) is 6.36. The van der Waals surface area contributed by atoms with Crippen LogP contribution in [0.5, 0.6) is 5.75 Å². The van der Waals surface area contributed by atoms with Crippen LogP contribution in [0.15, 0.2) is 18.2 Å². The Labute approximate surface area is 137 Å². The molecule has 0 saturated heterocycles. The maximum absolute atomic E-state index is 12.2. The van der Waals surface area contributed by atoms with Gasteiger partial charge in [-0.15, -0.1) is 13.2 Å². The van der Waals surface area contributed by atoms with Gasteiger partial charge in [-0.25, -0.2) is 4.79 Å². The fraction of sp³-hybridized carbons (Fsp3) is 0.364. The summed E-state index contributed by atoms with van der Waals surface area (Å²) >= 11 is 16.1. The largest absolute Gasteiger partial charge is 0.573 e. The van der Waals surface area contributed by atoms with Gasteiger partial charge in [0.15, 0.2) is 0 Å². The molecule has 0 aliphatic carbocycles. The molecular formula is C11H9Cl3F3NO4. The van der Waals surface area contributed by atoms with Gasteiger partial charge in [-0.1, -0.05) is 40.9 Å². The molecule has 0 radical (unpaired) electrons. The Morgan fingerprint density at radius 3 is 2.41 bits per heavy atom. The van der Waals surface area contributed by atoms with Crippen molar-refractivity contribution in [3.05, 3.63) is 23.8 Å². The van der Waals surface area contributed by atoms with Gasteiger partial charge in [-0.05, 0) is 6.07 Å². The Kier molecular flexibility index (Phi) is 6.42. The number of carbonyl (C=O) groups excluding carboxylic acids is 1. The van der Waals surface area contributed by atoms with E-state index >= 15 is 0 Å². The lowest BCUT2D eigenvalue weighted by Crippen LogP contribution is -2.21. The highest BCUT2D eigenvalue weighted by Gasteiger charge is 2.32. The summed E-state index contributed by atoms with van der Waals surface area (Å²) in [6.45, 7) is -1.23. The van der Waals surface area contributed by atoms with Crippen molar-refractivity contribution in [3.63, 3.8) is 0 Å². The van der Waals surface area contributed by atoms with E-state index in [0.717, 1.165) is 12.1 Å². The molecular weight excluding hydrogens is 373 g/mol. The highest BCUT2D eigenvalue weighted by atomic mass is 35.6. The molecule has 2 N–H and O–H groups in total. The van der Waals surface area contributed by atoms with E-state index in [1.165, 1.54) is 6.07 Å². The van der Waals surface area contributed by atoms with Gasteiger partial charge in [0.25, 0.3) is 0 Å². The van der Waals surface area contributed by atoms with Crippen LogP contribution >= 0.6 is 34.8 Å². The van der Waals surface area contributed by atoms with Crippen molar-refractivity contribution in [2.45, 2.75) is 16.8 Å². The molecule has 0 fully saturated rings. The first-order valence-electron chi connectivity index (χ1n) is 5.50. The van der Waals surface area contributed by atoms with E-state index in [-0.39, 0.29) is 11.3 Å². The van der Waals surface area contributed by atoms with Crippen LogP contribution in [0.4, 0.5) is 23.7 Å². The molecule has 0 aliphatic heterocycles. The van der Waals surface area contributed by atoms with E-state index in [2.05, 4.69) is 14.8 Å². The lowest BCUT2D eigenvalue weighted by atomic mass is 10.2. The molecule has 0 aromatic heterocycles. The summed E-state index contributed by atoms with van der Waals surface area (Å²) in [5, 5.41) is 11.1. The summed E-state index contributed by atoms with van der Waals surface area (Å²) in [4.78, 5) is 11.4. The quantitative estimate of drug-likeness (QED) is 0.773. The predicted octanol–water partition coefficient (Wildman–Crippen LogP) is 4.00. The number of nitrogens with one attached hydrogen (secondary N) is 1. The van der Waals surface area contributed by atoms with E-state index < -0.39 is 35.2 Å². The van der Waals surface area contributed by atoms with Gasteiger partial charge in [-0.2, -0.15) is 0 Å². The summed E-state index contributed by atoms with van der Waals surface area (Å²) in [7, 11) is 0. The Hall–Kier alpha value is -1.09. The summed E-state index contributed by atoms with van der Waals surface area (Å²) in [6.07, 6.45) is -5.99. The molecule has 22 heavy (non-hydrogen) atoms. The molecule has 0 spiro atoms. The van der Waals surface area contributed by atoms with Gasteiger partial charge in [-0.3, -0.25) is 5.32 Å². The van der Waals surface area contributed by atoms with Crippen molar-refractivity contribution in [3.8, 4) is 5.75 Å². The molecule has 1 aromatic carbocycles. The SMILES string of the molecule is O=C(Nc1ccc(CO)c(OC(F)(F)F)c1)OCC(Cl)(Cl)Cl. The van der Waals surface area contributed by atoms with Crippen LogP contribution in [0.1, 0.15) is 5.56 Å². The summed E-state index contributed by atoms with van der Waals surface area (Å²) in [6, 6.07) is 3.26. The van der Waals surface area contributed by atoms with Crippen LogP contribution in [-0.2, 0) is 11.3 Å². The highest BCUT2D eigenvalue weighted by molar-refractivity contribution is 6.67. The topological polar surface area (TPSA) is 67.8 Å². The van der Waals surface area contributed by atoms with Crippen molar-refractivity contribution in [1.29, 1.82) is 0 Å². The molecule has 0 aliphatic rings. The van der Waals surface area contributed by atoms with Crippen molar-refractivity contribution in [1.82, 2.24) is 0 Å². The fourth-order valence-electron chi connectivity index (χ4n) is 1.28. The zero-order chi connectivity index (χ0) is 17.0. The number of halogens is 6. The van der Waals surface area contributed by atoms with Crippen molar-refractivity contribution in [2.24, 2.45) is 0 Å². The van der Waals surface area contributed by atoms with Crippen molar-refractivity contribution in [2.75, 3.05) is 11.9 Å². The van der Waals surface area contributed by atoms with Gasteiger partial charge in [0.05, 0.1) is 6.61 Å². The zero-order valence-electron chi connectivity index (χ0n) is 10.6. The summed E-state index contributed by atoms with van der Waals surface area (Å²) in [5.41, 5.74) is -0.177. The smallest absolute Gasteiger partial charge is 0.445 e. The normalized spacial score (nSPS) is 12.0. The second-order valence-electron chi connectivity index (χ2n) is 3.84. The third-order valence-electron chi connectivity index (χ3n) is 2.08. The van der Waals surface area contributed by atoms with Crippen molar-refractivity contribution < 1.29 is 32.5 Å². The number of carbonyl (C=O) groups is 1. The standard InChI is InChI=1S/C11H9Cl3F3NO4/c12-10(13,14)5-21-9(20)18-7-2-1-6(4-19)8(3-7)22-11(15,16)17/h1-3,19H,4-5H2,(H,18,20). The minimum atomic E-state index is -4.95. The molecule has 1 rings (SSSR count). The summed E-state index contributed by atoms with van der Waals surface area (Å²) in [5.74, 6) is -0.658. The number of amides is 1. The molecule has 0 atom stereocenters. The minimum absolute atomic E-state index is 0.0641. The average molecular weight is 383 g/mol. The van der Waals surface area contributed by atoms with E-state index in [0.29, 0.717) is 0 Å². The van der Waals surface area contributed by atoms with Gasteiger partial charge >= 0.3 is 12.5 Å². The number of hydrogen-bond acceptors (Lipinski definition) is 4. The molecule has 0 unspecified atom stereocenters. The molecule has 0 bridgehead atoms. The van der Waals surface area contributed by atoms with E-state index in [9.17, 15) is 18.0 Å². The number of benzene rings is 1. The van der Waals surface area contributed by atoms with Gasteiger partial charge < -0.3 is 14.6 Å². The number of hydrogen-bond donors (Lipinski definition) is 2. The number of aliphatic hydroxyl groups excluding tert-OH is 1. The highest BCUT2D eigenvalue weighted by Crippen LogP contribution is 2.30. The Morgan fingerprint density at radius 1 is 1.27 bits per heavy atom. The molecule has 124 valence electrons. The maximum atomic E-state index is 12.2. The number of aliphatic hydroxyl groups is 1. The molecule has 0 saturated carbocycles. The second kappa shape index (κ2) is 7.45. The number of ether oxygens (including phenoxy) is 2. The Bertz CT molecular complexity index is 534. The number of anilines is 1. The number of alkyl halides is 6. The van der Waals surface area contributed by atoms with Gasteiger partial charge in [0.1, 0.15) is 12.4 Å². The first-order chi connectivity index (χ1) is 10.00. The van der Waals surface area contributed by atoms with E-state index in [1.54, 1.807) is 0 Å². The van der Waals surface area contributed by atoms with E-state index in [4.69, 9.17) is 39.9 Å². The first kappa shape index (κ1) is 19.0. The third kappa shape index (κ3) is 7.26. The van der Waals surface area contributed by atoms with Crippen LogP contribution in [0.2, 0.25) is 0 Å². The molecule has 1 aromatic rings. The molecule has 1 amide bonds. The van der Waals surface area contributed by atoms with Crippen LogP contribution in [-0.4, -0.2) is 28.0 Å². The lowest BCUT2D eigenvalue weighted by Gasteiger charge is -2.15. The monoisotopic (exact) mass is 381 g/mol. The van der Waals surface area contributed by atoms with Gasteiger partial charge in [0.2, 0.25) is 3.79 Å². The lowest BCUT2D eigenvalue weighted by molar-refractivity contribution is -0.275. The molecule has 0 heterocycles.